The van der Waals surface area contributed by atoms with Gasteiger partial charge >= 0.3 is 6.03 Å². The first-order valence-electron chi connectivity index (χ1n) is 10.5. The Morgan fingerprint density at radius 2 is 1.83 bits per heavy atom. The predicted molar refractivity (Wildman–Crippen MR) is 137 cm³/mol. The van der Waals surface area contributed by atoms with Crippen molar-refractivity contribution in [3.63, 3.8) is 0 Å². The van der Waals surface area contributed by atoms with Crippen LogP contribution in [0.2, 0.25) is 0 Å². The van der Waals surface area contributed by atoms with Crippen molar-refractivity contribution < 1.29 is 28.2 Å². The quantitative estimate of drug-likeness (QED) is 0.250. The maximum atomic E-state index is 14.0. The predicted octanol–water partition coefficient (Wildman–Crippen LogP) is 4.99. The maximum absolute atomic E-state index is 14.0. The van der Waals surface area contributed by atoms with Gasteiger partial charge in [-0.2, -0.15) is 0 Å². The Balaban J connectivity index is 1.65. The molecule has 3 aromatic rings. The number of imide groups is 2. The molecule has 0 spiro atoms. The summed E-state index contributed by atoms with van der Waals surface area (Å²) in [6, 6.07) is 15.6. The zero-order valence-corrected chi connectivity index (χ0v) is 21.0. The summed E-state index contributed by atoms with van der Waals surface area (Å²) in [4.78, 5) is 39.0. The van der Waals surface area contributed by atoms with Crippen LogP contribution in [0.3, 0.4) is 0 Å². The number of amides is 4. The van der Waals surface area contributed by atoms with Crippen LogP contribution in [0.4, 0.5) is 14.9 Å². The lowest BCUT2D eigenvalue weighted by Crippen LogP contribution is -2.54. The second kappa shape index (κ2) is 10.3. The summed E-state index contributed by atoms with van der Waals surface area (Å²) in [6.45, 7) is 1.83. The highest BCUT2D eigenvalue weighted by molar-refractivity contribution is 14.1. The SMILES string of the molecule is COc1cc(/C=C2\C(=O)NC(=O)N(c3cccc(C)c3)C2=O)cc(I)c1OCc1ccccc1F. The van der Waals surface area contributed by atoms with E-state index in [1.807, 2.05) is 35.6 Å². The third-order valence-corrected chi connectivity index (χ3v) is 6.06. The first-order chi connectivity index (χ1) is 16.8. The van der Waals surface area contributed by atoms with Crippen molar-refractivity contribution in [1.29, 1.82) is 0 Å². The highest BCUT2D eigenvalue weighted by Crippen LogP contribution is 2.35. The Bertz CT molecular complexity index is 1370. The van der Waals surface area contributed by atoms with Gasteiger partial charge in [-0.1, -0.05) is 30.3 Å². The maximum Gasteiger partial charge on any atom is 0.335 e. The van der Waals surface area contributed by atoms with E-state index in [0.29, 0.717) is 31.9 Å². The number of halogens is 2. The van der Waals surface area contributed by atoms with Gasteiger partial charge in [0, 0.05) is 5.56 Å². The van der Waals surface area contributed by atoms with Gasteiger partial charge in [0.25, 0.3) is 11.8 Å². The Labute approximate surface area is 214 Å². The number of methoxy groups -OCH3 is 1. The first-order valence-corrected chi connectivity index (χ1v) is 11.6. The lowest BCUT2D eigenvalue weighted by Gasteiger charge is -2.26. The summed E-state index contributed by atoms with van der Waals surface area (Å²) in [5.41, 5.74) is 1.89. The fourth-order valence-corrected chi connectivity index (χ4v) is 4.34. The van der Waals surface area contributed by atoms with Crippen LogP contribution in [0.1, 0.15) is 16.7 Å². The summed E-state index contributed by atoms with van der Waals surface area (Å²) in [7, 11) is 1.45. The number of carbonyl (C=O) groups is 3. The number of hydrogen-bond acceptors (Lipinski definition) is 5. The molecular formula is C26H20FIN2O5. The van der Waals surface area contributed by atoms with Crippen LogP contribution in [-0.2, 0) is 16.2 Å². The molecule has 1 aliphatic rings. The number of anilines is 1. The zero-order valence-electron chi connectivity index (χ0n) is 18.8. The molecule has 1 saturated heterocycles. The summed E-state index contributed by atoms with van der Waals surface area (Å²) in [5.74, 6) is -1.17. The number of aryl methyl sites for hydroxylation is 1. The van der Waals surface area contributed by atoms with E-state index >= 15 is 0 Å². The Hall–Kier alpha value is -3.73. The summed E-state index contributed by atoms with van der Waals surface area (Å²) >= 11 is 2.03. The lowest BCUT2D eigenvalue weighted by atomic mass is 10.1. The van der Waals surface area contributed by atoms with Crippen LogP contribution >= 0.6 is 22.6 Å². The zero-order chi connectivity index (χ0) is 25.1. The van der Waals surface area contributed by atoms with Gasteiger partial charge in [0.2, 0.25) is 0 Å². The molecule has 35 heavy (non-hydrogen) atoms. The highest BCUT2D eigenvalue weighted by Gasteiger charge is 2.36. The fourth-order valence-electron chi connectivity index (χ4n) is 3.55. The van der Waals surface area contributed by atoms with Crippen molar-refractivity contribution in [2.24, 2.45) is 0 Å². The van der Waals surface area contributed by atoms with Crippen molar-refractivity contribution in [3.8, 4) is 11.5 Å². The van der Waals surface area contributed by atoms with E-state index in [-0.39, 0.29) is 18.0 Å². The smallest absolute Gasteiger partial charge is 0.335 e. The first kappa shape index (κ1) is 24.4. The molecule has 4 rings (SSSR count). The molecule has 0 unspecified atom stereocenters. The Morgan fingerprint density at radius 3 is 2.54 bits per heavy atom. The van der Waals surface area contributed by atoms with E-state index in [4.69, 9.17) is 9.47 Å². The van der Waals surface area contributed by atoms with Crippen molar-refractivity contribution >= 4 is 52.2 Å². The van der Waals surface area contributed by atoms with Gasteiger partial charge in [0.15, 0.2) is 11.5 Å². The molecule has 1 N–H and O–H groups in total. The molecule has 0 bridgehead atoms. The molecule has 178 valence electrons. The molecule has 3 aromatic carbocycles. The largest absolute Gasteiger partial charge is 0.493 e. The molecule has 0 atom stereocenters. The molecule has 0 aromatic heterocycles. The monoisotopic (exact) mass is 586 g/mol. The highest BCUT2D eigenvalue weighted by atomic mass is 127. The molecule has 0 aliphatic carbocycles. The normalized spacial score (nSPS) is 14.8. The number of barbiturate groups is 1. The molecule has 1 heterocycles. The van der Waals surface area contributed by atoms with Gasteiger partial charge in [0.05, 0.1) is 16.4 Å². The van der Waals surface area contributed by atoms with E-state index in [0.717, 1.165) is 10.5 Å². The van der Waals surface area contributed by atoms with Crippen LogP contribution in [0.25, 0.3) is 6.08 Å². The standard InChI is InChI=1S/C26H20FIN2O5/c1-15-6-5-8-18(10-15)30-25(32)19(24(31)29-26(30)33)11-16-12-21(28)23(22(13-16)34-2)35-14-17-7-3-4-9-20(17)27/h3-13H,14H2,1-2H3,(H,29,31,33)/b19-11+. The van der Waals surface area contributed by atoms with Crippen LogP contribution in [0, 0.1) is 16.3 Å². The topological polar surface area (TPSA) is 84.9 Å². The van der Waals surface area contributed by atoms with E-state index in [1.165, 1.54) is 19.3 Å². The van der Waals surface area contributed by atoms with Crippen LogP contribution in [0.5, 0.6) is 11.5 Å². The van der Waals surface area contributed by atoms with Crippen LogP contribution in [-0.4, -0.2) is 25.0 Å². The lowest BCUT2D eigenvalue weighted by molar-refractivity contribution is -0.122. The average Bonchev–Trinajstić information content (AvgIpc) is 2.81. The summed E-state index contributed by atoms with van der Waals surface area (Å²) in [5, 5.41) is 2.21. The van der Waals surface area contributed by atoms with E-state index < -0.39 is 17.8 Å². The molecular weight excluding hydrogens is 566 g/mol. The van der Waals surface area contributed by atoms with E-state index in [9.17, 15) is 18.8 Å². The number of carbonyl (C=O) groups excluding carboxylic acids is 3. The van der Waals surface area contributed by atoms with Crippen molar-refractivity contribution in [3.05, 3.63) is 92.3 Å². The van der Waals surface area contributed by atoms with Crippen LogP contribution < -0.4 is 19.7 Å². The number of ether oxygens (including phenoxy) is 2. The third kappa shape index (κ3) is 5.19. The van der Waals surface area contributed by atoms with E-state index in [2.05, 4.69) is 5.32 Å². The number of hydrogen-bond donors (Lipinski definition) is 1. The van der Waals surface area contributed by atoms with Crippen molar-refractivity contribution in [1.82, 2.24) is 5.32 Å². The number of benzene rings is 3. The van der Waals surface area contributed by atoms with Crippen molar-refractivity contribution in [2.45, 2.75) is 13.5 Å². The molecule has 7 nitrogen and oxygen atoms in total. The number of nitrogens with one attached hydrogen (secondary N) is 1. The minimum absolute atomic E-state index is 0.00603. The molecule has 4 amide bonds. The number of nitrogens with zero attached hydrogens (tertiary/aromatic N) is 1. The van der Waals surface area contributed by atoms with Gasteiger partial charge in [-0.3, -0.25) is 14.9 Å². The summed E-state index contributed by atoms with van der Waals surface area (Å²) in [6.07, 6.45) is 1.39. The minimum Gasteiger partial charge on any atom is -0.493 e. The Kier molecular flexibility index (Phi) is 7.15. The van der Waals surface area contributed by atoms with Gasteiger partial charge in [0.1, 0.15) is 18.0 Å². The van der Waals surface area contributed by atoms with Gasteiger partial charge in [-0.05, 0) is 77.0 Å². The molecule has 1 aliphatic heterocycles. The minimum atomic E-state index is -0.813. The second-order valence-corrected chi connectivity index (χ2v) is 8.87. The van der Waals surface area contributed by atoms with Gasteiger partial charge in [-0.25, -0.2) is 14.1 Å². The van der Waals surface area contributed by atoms with Crippen molar-refractivity contribution in [2.75, 3.05) is 12.0 Å². The molecule has 0 saturated carbocycles. The fraction of sp³-hybridized carbons (Fsp3) is 0.115. The third-order valence-electron chi connectivity index (χ3n) is 5.25. The summed E-state index contributed by atoms with van der Waals surface area (Å²) < 4.78 is 25.9. The van der Waals surface area contributed by atoms with Crippen LogP contribution in [0.15, 0.2) is 66.2 Å². The number of urea groups is 1. The average molecular weight is 586 g/mol. The van der Waals surface area contributed by atoms with Gasteiger partial charge in [-0.15, -0.1) is 0 Å². The Morgan fingerprint density at radius 1 is 1.06 bits per heavy atom. The number of rotatable bonds is 6. The van der Waals surface area contributed by atoms with Gasteiger partial charge < -0.3 is 9.47 Å². The van der Waals surface area contributed by atoms with E-state index in [1.54, 1.807) is 48.5 Å². The second-order valence-electron chi connectivity index (χ2n) is 7.71. The molecule has 9 heteroatoms. The molecule has 1 fully saturated rings. The molecule has 0 radical (unpaired) electrons.